The van der Waals surface area contributed by atoms with Gasteiger partial charge in [-0.3, -0.25) is 14.9 Å². The predicted molar refractivity (Wildman–Crippen MR) is 98.2 cm³/mol. The number of hydrogen-bond acceptors (Lipinski definition) is 5. The first-order valence-electron chi connectivity index (χ1n) is 7.98. The maximum absolute atomic E-state index is 11.9. The molecule has 0 radical (unpaired) electrons. The van der Waals surface area contributed by atoms with Gasteiger partial charge in [-0.25, -0.2) is 0 Å². The molecule has 2 aromatic rings. The third-order valence-corrected chi connectivity index (χ3v) is 3.48. The molecule has 0 bridgehead atoms. The van der Waals surface area contributed by atoms with E-state index in [0.29, 0.717) is 17.9 Å². The number of non-ortho nitro benzene ring substituents is 1. The van der Waals surface area contributed by atoms with Crippen LogP contribution in [-0.2, 0) is 4.79 Å². The van der Waals surface area contributed by atoms with Gasteiger partial charge in [0.2, 0.25) is 5.91 Å². The number of nitro benzene ring substituents is 1. The summed E-state index contributed by atoms with van der Waals surface area (Å²) >= 11 is 0. The highest BCUT2D eigenvalue weighted by Crippen LogP contribution is 2.17. The quantitative estimate of drug-likeness (QED) is 0.446. The summed E-state index contributed by atoms with van der Waals surface area (Å²) in [6.45, 7) is 2.16. The van der Waals surface area contributed by atoms with Gasteiger partial charge >= 0.3 is 0 Å². The first-order valence-corrected chi connectivity index (χ1v) is 7.98. The van der Waals surface area contributed by atoms with Crippen molar-refractivity contribution in [1.82, 2.24) is 5.32 Å². The summed E-state index contributed by atoms with van der Waals surface area (Å²) in [7, 11) is 1.59. The number of hydrogen-bond donors (Lipinski definition) is 1. The lowest BCUT2D eigenvalue weighted by Gasteiger charge is -2.14. The van der Waals surface area contributed by atoms with Crippen LogP contribution in [0.1, 0.15) is 12.5 Å². The van der Waals surface area contributed by atoms with E-state index in [1.54, 1.807) is 49.6 Å². The van der Waals surface area contributed by atoms with Crippen molar-refractivity contribution >= 4 is 17.7 Å². The largest absolute Gasteiger partial charge is 0.497 e. The highest BCUT2D eigenvalue weighted by Gasteiger charge is 2.06. The zero-order valence-corrected chi connectivity index (χ0v) is 14.5. The van der Waals surface area contributed by atoms with Crippen molar-refractivity contribution in [2.24, 2.45) is 0 Å². The zero-order chi connectivity index (χ0) is 18.9. The zero-order valence-electron chi connectivity index (χ0n) is 14.5. The van der Waals surface area contributed by atoms with Crippen LogP contribution in [0.5, 0.6) is 11.5 Å². The van der Waals surface area contributed by atoms with Gasteiger partial charge in [0.1, 0.15) is 18.1 Å². The molecule has 0 aliphatic rings. The number of benzene rings is 2. The Labute approximate surface area is 151 Å². The summed E-state index contributed by atoms with van der Waals surface area (Å²) in [5.41, 5.74) is 0.712. The number of carbonyl (C=O) groups is 1. The smallest absolute Gasteiger partial charge is 0.269 e. The van der Waals surface area contributed by atoms with Gasteiger partial charge < -0.3 is 14.8 Å². The molecule has 2 rings (SSSR count). The van der Waals surface area contributed by atoms with Crippen LogP contribution in [0.3, 0.4) is 0 Å². The Hall–Kier alpha value is -3.35. The summed E-state index contributed by atoms with van der Waals surface area (Å²) in [6.07, 6.45) is 2.97. The fourth-order valence-electron chi connectivity index (χ4n) is 2.10. The maximum atomic E-state index is 11.9. The Morgan fingerprint density at radius 2 is 1.77 bits per heavy atom. The second kappa shape index (κ2) is 9.22. The van der Waals surface area contributed by atoms with Crippen LogP contribution < -0.4 is 14.8 Å². The third kappa shape index (κ3) is 5.94. The molecular weight excluding hydrogens is 336 g/mol. The molecular formula is C19H20N2O5. The molecule has 0 saturated heterocycles. The molecule has 0 heterocycles. The molecule has 1 atom stereocenters. The first-order chi connectivity index (χ1) is 12.5. The minimum absolute atomic E-state index is 0.0101. The molecule has 1 N–H and O–H groups in total. The molecule has 2 aromatic carbocycles. The topological polar surface area (TPSA) is 90.7 Å². The second-order valence-electron chi connectivity index (χ2n) is 5.58. The van der Waals surface area contributed by atoms with Gasteiger partial charge in [0.05, 0.1) is 18.1 Å². The van der Waals surface area contributed by atoms with Crippen LogP contribution in [-0.4, -0.2) is 30.6 Å². The van der Waals surface area contributed by atoms with Crippen molar-refractivity contribution in [3.05, 3.63) is 70.3 Å². The van der Waals surface area contributed by atoms with E-state index in [-0.39, 0.29) is 17.6 Å². The monoisotopic (exact) mass is 356 g/mol. The predicted octanol–water partition coefficient (Wildman–Crippen LogP) is 3.20. The SMILES string of the molecule is COc1ccc(OC[C@H](C)NC(=O)/C=C/c2ccc([N+](=O)[O-])cc2)cc1. The van der Waals surface area contributed by atoms with E-state index in [4.69, 9.17) is 9.47 Å². The van der Waals surface area contributed by atoms with Crippen molar-refractivity contribution < 1.29 is 19.2 Å². The maximum Gasteiger partial charge on any atom is 0.269 e. The number of amides is 1. The lowest BCUT2D eigenvalue weighted by Crippen LogP contribution is -2.35. The number of methoxy groups -OCH3 is 1. The Bertz CT molecular complexity index is 770. The average molecular weight is 356 g/mol. The van der Waals surface area contributed by atoms with Gasteiger partial charge in [-0.1, -0.05) is 0 Å². The molecule has 0 unspecified atom stereocenters. The molecule has 0 aliphatic heterocycles. The van der Waals surface area contributed by atoms with Crippen LogP contribution >= 0.6 is 0 Å². The molecule has 0 fully saturated rings. The van der Waals surface area contributed by atoms with Gasteiger partial charge in [0.25, 0.3) is 5.69 Å². The van der Waals surface area contributed by atoms with Crippen molar-refractivity contribution in [3.8, 4) is 11.5 Å². The molecule has 7 heteroatoms. The van der Waals surface area contributed by atoms with Gasteiger partial charge in [0, 0.05) is 18.2 Å². The van der Waals surface area contributed by atoms with Crippen molar-refractivity contribution in [2.75, 3.05) is 13.7 Å². The van der Waals surface area contributed by atoms with E-state index in [9.17, 15) is 14.9 Å². The number of carbonyl (C=O) groups excluding carboxylic acids is 1. The minimum Gasteiger partial charge on any atom is -0.497 e. The number of ether oxygens (including phenoxy) is 2. The number of nitrogens with zero attached hydrogens (tertiary/aromatic N) is 1. The molecule has 26 heavy (non-hydrogen) atoms. The van der Waals surface area contributed by atoms with Gasteiger partial charge in [-0.05, 0) is 55.0 Å². The summed E-state index contributed by atoms with van der Waals surface area (Å²) in [6, 6.07) is 12.9. The van der Waals surface area contributed by atoms with Crippen LogP contribution in [0.4, 0.5) is 5.69 Å². The molecule has 0 aliphatic carbocycles. The Kier molecular flexibility index (Phi) is 6.73. The lowest BCUT2D eigenvalue weighted by atomic mass is 10.2. The van der Waals surface area contributed by atoms with Gasteiger partial charge in [-0.2, -0.15) is 0 Å². The van der Waals surface area contributed by atoms with Crippen LogP contribution in [0.15, 0.2) is 54.6 Å². The van der Waals surface area contributed by atoms with E-state index in [1.165, 1.54) is 18.2 Å². The third-order valence-electron chi connectivity index (χ3n) is 3.48. The van der Waals surface area contributed by atoms with Crippen LogP contribution in [0, 0.1) is 10.1 Å². The fraction of sp³-hybridized carbons (Fsp3) is 0.211. The highest BCUT2D eigenvalue weighted by molar-refractivity contribution is 5.91. The minimum atomic E-state index is -0.468. The van der Waals surface area contributed by atoms with Gasteiger partial charge in [0.15, 0.2) is 0 Å². The van der Waals surface area contributed by atoms with Gasteiger partial charge in [-0.15, -0.1) is 0 Å². The van der Waals surface area contributed by atoms with Crippen molar-refractivity contribution in [3.63, 3.8) is 0 Å². The molecule has 1 amide bonds. The lowest BCUT2D eigenvalue weighted by molar-refractivity contribution is -0.384. The van der Waals surface area contributed by atoms with E-state index < -0.39 is 4.92 Å². The molecule has 0 saturated carbocycles. The Morgan fingerprint density at radius 3 is 2.35 bits per heavy atom. The Morgan fingerprint density at radius 1 is 1.15 bits per heavy atom. The standard InChI is InChI=1S/C19H20N2O5/c1-14(13-26-18-10-8-17(25-2)9-11-18)20-19(22)12-5-15-3-6-16(7-4-15)21(23)24/h3-12,14H,13H2,1-2H3,(H,20,22)/b12-5+/t14-/m0/s1. The van der Waals surface area contributed by atoms with Crippen LogP contribution in [0.25, 0.3) is 6.08 Å². The number of rotatable bonds is 8. The Balaban J connectivity index is 1.79. The van der Waals surface area contributed by atoms with Crippen molar-refractivity contribution in [1.29, 1.82) is 0 Å². The average Bonchev–Trinajstić information content (AvgIpc) is 2.65. The number of nitro groups is 1. The van der Waals surface area contributed by atoms with E-state index in [2.05, 4.69) is 5.32 Å². The molecule has 0 aromatic heterocycles. The normalized spacial score (nSPS) is 11.8. The molecule has 136 valence electrons. The summed E-state index contributed by atoms with van der Waals surface area (Å²) < 4.78 is 10.7. The van der Waals surface area contributed by atoms with E-state index in [0.717, 1.165) is 5.75 Å². The van der Waals surface area contributed by atoms with E-state index >= 15 is 0 Å². The molecule has 7 nitrogen and oxygen atoms in total. The van der Waals surface area contributed by atoms with Crippen molar-refractivity contribution in [2.45, 2.75) is 13.0 Å². The summed E-state index contributed by atoms with van der Waals surface area (Å²) in [5.74, 6) is 1.16. The van der Waals surface area contributed by atoms with Crippen LogP contribution in [0.2, 0.25) is 0 Å². The number of nitrogens with one attached hydrogen (secondary N) is 1. The summed E-state index contributed by atoms with van der Waals surface area (Å²) in [4.78, 5) is 22.1. The highest BCUT2D eigenvalue weighted by atomic mass is 16.6. The second-order valence-corrected chi connectivity index (χ2v) is 5.58. The fourth-order valence-corrected chi connectivity index (χ4v) is 2.10. The summed E-state index contributed by atoms with van der Waals surface area (Å²) in [5, 5.41) is 13.4. The first kappa shape index (κ1) is 19.0. The molecule has 0 spiro atoms. The van der Waals surface area contributed by atoms with E-state index in [1.807, 2.05) is 6.92 Å².